The Bertz CT molecular complexity index is 239. The lowest BCUT2D eigenvalue weighted by atomic mass is 10.2. The monoisotopic (exact) mass is 383 g/mol. The highest BCUT2D eigenvalue weighted by atomic mass is 127. The highest BCUT2D eigenvalue weighted by Crippen LogP contribution is 2.09. The van der Waals surface area contributed by atoms with E-state index < -0.39 is 0 Å². The second kappa shape index (κ2) is 11.8. The van der Waals surface area contributed by atoms with Crippen molar-refractivity contribution in [1.82, 2.24) is 4.90 Å². The van der Waals surface area contributed by atoms with Crippen LogP contribution in [0.5, 0.6) is 0 Å². The first-order chi connectivity index (χ1) is 8.70. The molecule has 0 aromatic heterocycles. The zero-order valence-corrected chi connectivity index (χ0v) is 14.8. The van der Waals surface area contributed by atoms with Gasteiger partial charge in [-0.2, -0.15) is 0 Å². The van der Waals surface area contributed by atoms with Crippen molar-refractivity contribution in [2.45, 2.75) is 46.0 Å². The maximum Gasteiger partial charge on any atom is 0.191 e. The van der Waals surface area contributed by atoms with Crippen LogP contribution in [0.4, 0.5) is 0 Å². The smallest absolute Gasteiger partial charge is 0.191 e. The van der Waals surface area contributed by atoms with Gasteiger partial charge in [-0.15, -0.1) is 24.0 Å². The van der Waals surface area contributed by atoms with Crippen molar-refractivity contribution in [1.29, 1.82) is 0 Å². The lowest BCUT2D eigenvalue weighted by molar-refractivity contribution is 0.109. The van der Waals surface area contributed by atoms with Gasteiger partial charge in [-0.3, -0.25) is 4.99 Å². The summed E-state index contributed by atoms with van der Waals surface area (Å²) in [4.78, 5) is 6.67. The molecule has 0 aromatic carbocycles. The van der Waals surface area contributed by atoms with E-state index >= 15 is 0 Å². The summed E-state index contributed by atoms with van der Waals surface area (Å²) in [6.07, 6.45) is 6.10. The van der Waals surface area contributed by atoms with Gasteiger partial charge >= 0.3 is 0 Å². The fourth-order valence-electron chi connectivity index (χ4n) is 2.08. The molecular weight excluding hydrogens is 353 g/mol. The molecule has 0 aliphatic carbocycles. The summed E-state index contributed by atoms with van der Waals surface area (Å²) in [5.74, 6) is 1.33. The second-order valence-corrected chi connectivity index (χ2v) is 5.46. The Labute approximate surface area is 135 Å². The number of hydrogen-bond acceptors (Lipinski definition) is 2. The Morgan fingerprint density at radius 3 is 2.42 bits per heavy atom. The molecule has 114 valence electrons. The topological polar surface area (TPSA) is 50.9 Å². The Balaban J connectivity index is 0.00000324. The molecule has 0 spiro atoms. The normalized spacial score (nSPS) is 17.2. The SMILES string of the molecule is CC(C)COCCCN=C(N)N1CCCCCC1.I. The Hall–Kier alpha value is -0.0400. The highest BCUT2D eigenvalue weighted by molar-refractivity contribution is 14.0. The third-order valence-corrected chi connectivity index (χ3v) is 3.10. The molecule has 0 radical (unpaired) electrons. The molecule has 19 heavy (non-hydrogen) atoms. The van der Waals surface area contributed by atoms with E-state index in [1.165, 1.54) is 25.7 Å². The van der Waals surface area contributed by atoms with Crippen molar-refractivity contribution >= 4 is 29.9 Å². The molecule has 0 amide bonds. The molecule has 0 unspecified atom stereocenters. The number of aliphatic imine (C=N–C) groups is 1. The number of nitrogens with zero attached hydrogens (tertiary/aromatic N) is 2. The van der Waals surface area contributed by atoms with Gasteiger partial charge in [0.15, 0.2) is 5.96 Å². The van der Waals surface area contributed by atoms with Crippen molar-refractivity contribution < 1.29 is 4.74 Å². The van der Waals surface area contributed by atoms with Gasteiger partial charge in [0.05, 0.1) is 0 Å². The molecule has 1 heterocycles. The van der Waals surface area contributed by atoms with Crippen LogP contribution >= 0.6 is 24.0 Å². The summed E-state index contributed by atoms with van der Waals surface area (Å²) >= 11 is 0. The number of guanidine groups is 1. The van der Waals surface area contributed by atoms with E-state index in [4.69, 9.17) is 10.5 Å². The molecule has 1 saturated heterocycles. The van der Waals surface area contributed by atoms with Gasteiger partial charge in [0.1, 0.15) is 0 Å². The number of likely N-dealkylation sites (tertiary alicyclic amines) is 1. The van der Waals surface area contributed by atoms with Crippen LogP contribution in [0.3, 0.4) is 0 Å². The predicted octanol–water partition coefficient (Wildman–Crippen LogP) is 2.86. The maximum atomic E-state index is 6.02. The first-order valence-corrected chi connectivity index (χ1v) is 7.32. The van der Waals surface area contributed by atoms with Crippen LogP contribution in [0.2, 0.25) is 0 Å². The minimum atomic E-state index is 0. The first-order valence-electron chi connectivity index (χ1n) is 7.32. The Morgan fingerprint density at radius 1 is 1.21 bits per heavy atom. The third-order valence-electron chi connectivity index (χ3n) is 3.10. The number of rotatable bonds is 6. The van der Waals surface area contributed by atoms with Gasteiger partial charge in [0, 0.05) is 32.8 Å². The minimum Gasteiger partial charge on any atom is -0.381 e. The van der Waals surface area contributed by atoms with Crippen molar-refractivity contribution in [2.75, 3.05) is 32.8 Å². The molecule has 0 saturated carbocycles. The van der Waals surface area contributed by atoms with Gasteiger partial charge in [0.2, 0.25) is 0 Å². The second-order valence-electron chi connectivity index (χ2n) is 5.46. The summed E-state index contributed by atoms with van der Waals surface area (Å²) in [5.41, 5.74) is 6.02. The summed E-state index contributed by atoms with van der Waals surface area (Å²) in [5, 5.41) is 0. The number of nitrogens with two attached hydrogens (primary N) is 1. The van der Waals surface area contributed by atoms with Crippen LogP contribution in [0.1, 0.15) is 46.0 Å². The highest BCUT2D eigenvalue weighted by Gasteiger charge is 2.10. The average molecular weight is 383 g/mol. The fraction of sp³-hybridized carbons (Fsp3) is 0.929. The Kier molecular flexibility index (Phi) is 11.7. The van der Waals surface area contributed by atoms with Crippen LogP contribution in [0.15, 0.2) is 4.99 Å². The first kappa shape index (κ1) is 19.0. The molecule has 2 N–H and O–H groups in total. The van der Waals surface area contributed by atoms with Gasteiger partial charge in [0.25, 0.3) is 0 Å². The molecular formula is C14H30IN3O. The van der Waals surface area contributed by atoms with Gasteiger partial charge < -0.3 is 15.4 Å². The summed E-state index contributed by atoms with van der Waals surface area (Å²) in [6.45, 7) is 8.87. The molecule has 1 fully saturated rings. The molecule has 1 rings (SSSR count). The average Bonchev–Trinajstić information content (AvgIpc) is 2.61. The van der Waals surface area contributed by atoms with E-state index in [-0.39, 0.29) is 24.0 Å². The molecule has 0 aromatic rings. The van der Waals surface area contributed by atoms with E-state index in [0.29, 0.717) is 5.92 Å². The molecule has 5 heteroatoms. The summed E-state index contributed by atoms with van der Waals surface area (Å²) < 4.78 is 5.52. The number of hydrogen-bond donors (Lipinski definition) is 1. The van der Waals surface area contributed by atoms with Gasteiger partial charge in [-0.05, 0) is 25.2 Å². The Morgan fingerprint density at radius 2 is 1.84 bits per heavy atom. The maximum absolute atomic E-state index is 6.02. The van der Waals surface area contributed by atoms with E-state index in [1.54, 1.807) is 0 Å². The van der Waals surface area contributed by atoms with Crippen LogP contribution < -0.4 is 5.73 Å². The van der Waals surface area contributed by atoms with Crippen LogP contribution in [0, 0.1) is 5.92 Å². The summed E-state index contributed by atoms with van der Waals surface area (Å²) in [7, 11) is 0. The molecule has 0 atom stereocenters. The van der Waals surface area contributed by atoms with E-state index in [2.05, 4.69) is 23.7 Å². The zero-order chi connectivity index (χ0) is 13.2. The molecule has 0 bridgehead atoms. The van der Waals surface area contributed by atoms with Crippen LogP contribution in [-0.2, 0) is 4.74 Å². The van der Waals surface area contributed by atoms with Crippen molar-refractivity contribution in [3.05, 3.63) is 0 Å². The minimum absolute atomic E-state index is 0. The van der Waals surface area contributed by atoms with Crippen LogP contribution in [-0.4, -0.2) is 43.7 Å². The standard InChI is InChI=1S/C14H29N3O.HI/c1-13(2)12-18-11-7-8-16-14(15)17-9-5-3-4-6-10-17;/h13H,3-12H2,1-2H3,(H2,15,16);1H. The van der Waals surface area contributed by atoms with Gasteiger partial charge in [-0.25, -0.2) is 0 Å². The van der Waals surface area contributed by atoms with Crippen molar-refractivity contribution in [3.63, 3.8) is 0 Å². The lowest BCUT2D eigenvalue weighted by Gasteiger charge is -2.21. The zero-order valence-electron chi connectivity index (χ0n) is 12.4. The largest absolute Gasteiger partial charge is 0.381 e. The fourth-order valence-corrected chi connectivity index (χ4v) is 2.08. The van der Waals surface area contributed by atoms with Crippen molar-refractivity contribution in [2.24, 2.45) is 16.6 Å². The predicted molar refractivity (Wildman–Crippen MR) is 92.2 cm³/mol. The summed E-state index contributed by atoms with van der Waals surface area (Å²) in [6, 6.07) is 0. The molecule has 1 aliphatic heterocycles. The quantitative estimate of drug-likeness (QED) is 0.332. The van der Waals surface area contributed by atoms with Crippen molar-refractivity contribution in [3.8, 4) is 0 Å². The third kappa shape index (κ3) is 9.49. The number of halogens is 1. The number of ether oxygens (including phenoxy) is 1. The van der Waals surface area contributed by atoms with E-state index in [9.17, 15) is 0 Å². The van der Waals surface area contributed by atoms with Gasteiger partial charge in [-0.1, -0.05) is 26.7 Å². The lowest BCUT2D eigenvalue weighted by Crippen LogP contribution is -2.38. The molecule has 4 nitrogen and oxygen atoms in total. The van der Waals surface area contributed by atoms with E-state index in [0.717, 1.165) is 45.2 Å². The van der Waals surface area contributed by atoms with E-state index in [1.807, 2.05) is 0 Å². The molecule has 1 aliphatic rings. The van der Waals surface area contributed by atoms with Crippen LogP contribution in [0.25, 0.3) is 0 Å².